The lowest BCUT2D eigenvalue weighted by Gasteiger charge is -2.09. The second-order valence-corrected chi connectivity index (χ2v) is 8.02. The van der Waals surface area contributed by atoms with E-state index in [0.29, 0.717) is 24.0 Å². The lowest BCUT2D eigenvalue weighted by Crippen LogP contribution is -2.30. The van der Waals surface area contributed by atoms with Crippen LogP contribution in [-0.4, -0.2) is 36.7 Å². The van der Waals surface area contributed by atoms with Gasteiger partial charge in [-0.15, -0.1) is 10.2 Å². The first-order chi connectivity index (χ1) is 13.5. The Balaban J connectivity index is 1.43. The number of hydrogen-bond donors (Lipinski definition) is 3. The van der Waals surface area contributed by atoms with E-state index in [1.807, 2.05) is 37.3 Å². The van der Waals surface area contributed by atoms with Crippen LogP contribution in [0.3, 0.4) is 0 Å². The molecule has 2 aromatic heterocycles. The summed E-state index contributed by atoms with van der Waals surface area (Å²) in [5, 5.41) is 14.3. The van der Waals surface area contributed by atoms with Gasteiger partial charge in [0, 0.05) is 19.3 Å². The first kappa shape index (κ1) is 19.7. The van der Waals surface area contributed by atoms with Gasteiger partial charge in [0.05, 0.1) is 5.75 Å². The Hall–Kier alpha value is -3.04. The summed E-state index contributed by atoms with van der Waals surface area (Å²) in [6.07, 6.45) is 1.72. The van der Waals surface area contributed by atoms with Crippen LogP contribution in [0.5, 0.6) is 0 Å². The molecule has 2 heterocycles. The maximum atomic E-state index is 12.1. The Bertz CT molecular complexity index is 994. The quantitative estimate of drug-likeness (QED) is 0.475. The molecule has 0 unspecified atom stereocenters. The van der Waals surface area contributed by atoms with Crippen molar-refractivity contribution >= 4 is 27.5 Å². The van der Waals surface area contributed by atoms with Crippen LogP contribution in [0.2, 0.25) is 0 Å². The third-order valence-electron chi connectivity index (χ3n) is 3.79. The van der Waals surface area contributed by atoms with Crippen LogP contribution >= 0.6 is 0 Å². The maximum absolute atomic E-state index is 12.1. The molecule has 0 amide bonds. The van der Waals surface area contributed by atoms with E-state index in [9.17, 15) is 8.42 Å². The molecule has 0 aliphatic heterocycles. The summed E-state index contributed by atoms with van der Waals surface area (Å²) < 4.78 is 26.7. The predicted molar refractivity (Wildman–Crippen MR) is 110 cm³/mol. The highest BCUT2D eigenvalue weighted by Crippen LogP contribution is 2.13. The second kappa shape index (κ2) is 9.25. The number of sulfonamides is 1. The fourth-order valence-electron chi connectivity index (χ4n) is 2.47. The minimum Gasteiger partial charge on any atom is -0.367 e. The van der Waals surface area contributed by atoms with Gasteiger partial charge in [0.15, 0.2) is 5.82 Å². The SMILES string of the molecule is Cc1ccnc(Nc2ccc(NCCNS(=O)(=O)Cc3ccccc3)nn2)c1. The normalized spacial score (nSPS) is 11.2. The Morgan fingerprint density at radius 1 is 0.893 bits per heavy atom. The summed E-state index contributed by atoms with van der Waals surface area (Å²) in [4.78, 5) is 4.21. The Morgan fingerprint density at radius 3 is 2.36 bits per heavy atom. The van der Waals surface area contributed by atoms with E-state index in [2.05, 4.69) is 30.5 Å². The van der Waals surface area contributed by atoms with Crippen molar-refractivity contribution in [1.82, 2.24) is 19.9 Å². The summed E-state index contributed by atoms with van der Waals surface area (Å²) >= 11 is 0. The van der Waals surface area contributed by atoms with Crippen LogP contribution in [0.25, 0.3) is 0 Å². The molecule has 28 heavy (non-hydrogen) atoms. The third-order valence-corrected chi connectivity index (χ3v) is 5.15. The smallest absolute Gasteiger partial charge is 0.215 e. The van der Waals surface area contributed by atoms with Gasteiger partial charge >= 0.3 is 0 Å². The number of nitrogens with zero attached hydrogens (tertiary/aromatic N) is 3. The van der Waals surface area contributed by atoms with Crippen molar-refractivity contribution in [3.8, 4) is 0 Å². The van der Waals surface area contributed by atoms with Crippen molar-refractivity contribution < 1.29 is 8.42 Å². The predicted octanol–water partition coefficient (Wildman–Crippen LogP) is 2.46. The largest absolute Gasteiger partial charge is 0.367 e. The van der Waals surface area contributed by atoms with Crippen molar-refractivity contribution in [3.05, 3.63) is 71.9 Å². The van der Waals surface area contributed by atoms with Gasteiger partial charge in [0.25, 0.3) is 0 Å². The fraction of sp³-hybridized carbons (Fsp3) is 0.211. The number of benzene rings is 1. The molecule has 0 bridgehead atoms. The van der Waals surface area contributed by atoms with Crippen molar-refractivity contribution in [2.75, 3.05) is 23.7 Å². The summed E-state index contributed by atoms with van der Waals surface area (Å²) in [7, 11) is -3.38. The fourth-order valence-corrected chi connectivity index (χ4v) is 3.62. The molecule has 0 aliphatic carbocycles. The number of anilines is 3. The number of rotatable bonds is 9. The molecule has 0 aliphatic rings. The zero-order valence-corrected chi connectivity index (χ0v) is 16.3. The molecule has 0 radical (unpaired) electrons. The molecular formula is C19H22N6O2S. The van der Waals surface area contributed by atoms with Gasteiger partial charge in [-0.1, -0.05) is 30.3 Å². The molecule has 8 nitrogen and oxygen atoms in total. The summed E-state index contributed by atoms with van der Waals surface area (Å²) in [5.41, 5.74) is 1.85. The molecule has 0 atom stereocenters. The number of pyridine rings is 1. The van der Waals surface area contributed by atoms with Crippen LogP contribution in [0, 0.1) is 6.92 Å². The molecule has 146 valence electrons. The first-order valence-corrected chi connectivity index (χ1v) is 10.4. The van der Waals surface area contributed by atoms with Crippen LogP contribution in [0.1, 0.15) is 11.1 Å². The molecule has 0 saturated carbocycles. The number of hydrogen-bond acceptors (Lipinski definition) is 7. The molecule has 0 fully saturated rings. The molecule has 3 aromatic rings. The maximum Gasteiger partial charge on any atom is 0.215 e. The van der Waals surface area contributed by atoms with Gasteiger partial charge in [-0.05, 0) is 42.3 Å². The lowest BCUT2D eigenvalue weighted by molar-refractivity contribution is 0.582. The Labute approximate surface area is 164 Å². The minimum absolute atomic E-state index is 0.0407. The van der Waals surface area contributed by atoms with E-state index in [4.69, 9.17) is 0 Å². The van der Waals surface area contributed by atoms with Gasteiger partial charge in [-0.2, -0.15) is 0 Å². The van der Waals surface area contributed by atoms with Gasteiger partial charge in [0.2, 0.25) is 10.0 Å². The van der Waals surface area contributed by atoms with E-state index in [1.54, 1.807) is 30.5 Å². The zero-order valence-electron chi connectivity index (χ0n) is 15.5. The van der Waals surface area contributed by atoms with E-state index in [1.165, 1.54) is 0 Å². The molecule has 1 aromatic carbocycles. The molecule has 3 rings (SSSR count). The highest BCUT2D eigenvalue weighted by molar-refractivity contribution is 7.88. The van der Waals surface area contributed by atoms with E-state index in [0.717, 1.165) is 11.1 Å². The van der Waals surface area contributed by atoms with Gasteiger partial charge in [-0.25, -0.2) is 18.1 Å². The Kier molecular flexibility index (Phi) is 6.51. The van der Waals surface area contributed by atoms with Crippen molar-refractivity contribution in [2.24, 2.45) is 0 Å². The highest BCUT2D eigenvalue weighted by atomic mass is 32.2. The van der Waals surface area contributed by atoms with Crippen molar-refractivity contribution in [3.63, 3.8) is 0 Å². The zero-order chi connectivity index (χ0) is 19.8. The average molecular weight is 398 g/mol. The summed E-state index contributed by atoms with van der Waals surface area (Å²) in [6.45, 7) is 2.64. The lowest BCUT2D eigenvalue weighted by atomic mass is 10.2. The number of aromatic nitrogens is 3. The highest BCUT2D eigenvalue weighted by Gasteiger charge is 2.10. The molecule has 0 saturated heterocycles. The second-order valence-electron chi connectivity index (χ2n) is 6.21. The van der Waals surface area contributed by atoms with Crippen molar-refractivity contribution in [2.45, 2.75) is 12.7 Å². The van der Waals surface area contributed by atoms with Crippen LogP contribution in [-0.2, 0) is 15.8 Å². The summed E-state index contributed by atoms with van der Waals surface area (Å²) in [5.74, 6) is 1.79. The average Bonchev–Trinajstić information content (AvgIpc) is 2.67. The van der Waals surface area contributed by atoms with Crippen LogP contribution in [0.15, 0.2) is 60.8 Å². The number of nitrogens with one attached hydrogen (secondary N) is 3. The summed E-state index contributed by atoms with van der Waals surface area (Å²) in [6, 6.07) is 16.4. The van der Waals surface area contributed by atoms with E-state index >= 15 is 0 Å². The van der Waals surface area contributed by atoms with Gasteiger partial charge in [-0.3, -0.25) is 0 Å². The van der Waals surface area contributed by atoms with Crippen LogP contribution in [0.4, 0.5) is 17.5 Å². The molecular weight excluding hydrogens is 376 g/mol. The molecule has 3 N–H and O–H groups in total. The third kappa shape index (κ3) is 6.29. The monoisotopic (exact) mass is 398 g/mol. The van der Waals surface area contributed by atoms with E-state index in [-0.39, 0.29) is 12.3 Å². The molecule has 9 heteroatoms. The first-order valence-electron chi connectivity index (χ1n) is 8.79. The number of aryl methyl sites for hydroxylation is 1. The topological polar surface area (TPSA) is 109 Å². The van der Waals surface area contributed by atoms with Crippen LogP contribution < -0.4 is 15.4 Å². The van der Waals surface area contributed by atoms with Gasteiger partial charge < -0.3 is 10.6 Å². The van der Waals surface area contributed by atoms with Crippen molar-refractivity contribution in [1.29, 1.82) is 0 Å². The Morgan fingerprint density at radius 2 is 1.64 bits per heavy atom. The molecule has 0 spiro atoms. The minimum atomic E-state index is -3.38. The van der Waals surface area contributed by atoms with Gasteiger partial charge in [0.1, 0.15) is 11.6 Å². The standard InChI is InChI=1S/C19H22N6O2S/c1-15-9-10-20-19(13-15)23-18-8-7-17(24-25-18)21-11-12-22-28(26,27)14-16-5-3-2-4-6-16/h2-10,13,22H,11-12,14H2,1H3,(H,21,24)(H,20,23,25). The van der Waals surface area contributed by atoms with E-state index < -0.39 is 10.0 Å².